The fourth-order valence-electron chi connectivity index (χ4n) is 7.39. The number of nitrogens with one attached hydrogen (secondary N) is 1. The lowest BCUT2D eigenvalue weighted by Crippen LogP contribution is -2.54. The van der Waals surface area contributed by atoms with E-state index in [-0.39, 0.29) is 11.8 Å². The van der Waals surface area contributed by atoms with Crippen LogP contribution in [-0.2, 0) is 26.8 Å². The summed E-state index contributed by atoms with van der Waals surface area (Å²) in [6.07, 6.45) is 6.69. The van der Waals surface area contributed by atoms with Gasteiger partial charge in [-0.3, -0.25) is 9.59 Å². The molecular weight excluding hydrogens is 542 g/mol. The highest BCUT2D eigenvalue weighted by molar-refractivity contribution is 6.30. The third-order valence-corrected chi connectivity index (χ3v) is 10.2. The monoisotopic (exact) mass is 583 g/mol. The van der Waals surface area contributed by atoms with Crippen LogP contribution >= 0.6 is 11.6 Å². The van der Waals surface area contributed by atoms with Crippen molar-refractivity contribution in [3.63, 3.8) is 0 Å². The van der Waals surface area contributed by atoms with Crippen molar-refractivity contribution in [1.29, 1.82) is 0 Å². The van der Waals surface area contributed by atoms with Gasteiger partial charge in [-0.25, -0.2) is 0 Å². The van der Waals surface area contributed by atoms with Crippen LogP contribution in [0.4, 0.5) is 0 Å². The quantitative estimate of drug-likeness (QED) is 0.336. The van der Waals surface area contributed by atoms with Crippen molar-refractivity contribution in [2.24, 2.45) is 5.92 Å². The second kappa shape index (κ2) is 12.6. The molecule has 5 nitrogen and oxygen atoms in total. The van der Waals surface area contributed by atoms with Gasteiger partial charge in [0, 0.05) is 31.2 Å². The summed E-state index contributed by atoms with van der Waals surface area (Å²) < 4.78 is 0. The lowest BCUT2D eigenvalue weighted by atomic mass is 9.71. The van der Waals surface area contributed by atoms with Gasteiger partial charge in [0.15, 0.2) is 0 Å². The maximum atomic E-state index is 14.1. The molecule has 1 aliphatic carbocycles. The van der Waals surface area contributed by atoms with E-state index >= 15 is 0 Å². The third kappa shape index (κ3) is 5.87. The lowest BCUT2D eigenvalue weighted by molar-refractivity contribution is -0.140. The average molecular weight is 584 g/mol. The van der Waals surface area contributed by atoms with Crippen LogP contribution < -0.4 is 5.32 Å². The summed E-state index contributed by atoms with van der Waals surface area (Å²) in [5.41, 5.74) is 2.43. The number of halogens is 1. The number of hydrogen-bond acceptors (Lipinski definition) is 3. The van der Waals surface area contributed by atoms with Crippen LogP contribution in [0.25, 0.3) is 0 Å². The van der Waals surface area contributed by atoms with E-state index in [0.29, 0.717) is 17.5 Å². The first kappa shape index (κ1) is 28.9. The van der Waals surface area contributed by atoms with Crippen LogP contribution in [0.15, 0.2) is 84.9 Å². The molecule has 2 heterocycles. The molecule has 0 unspecified atom stereocenters. The fourth-order valence-corrected chi connectivity index (χ4v) is 7.52. The van der Waals surface area contributed by atoms with Crippen molar-refractivity contribution < 1.29 is 9.59 Å². The van der Waals surface area contributed by atoms with Gasteiger partial charge in [-0.15, -0.1) is 0 Å². The van der Waals surface area contributed by atoms with Crippen LogP contribution in [0.3, 0.4) is 0 Å². The number of nitrogens with zero attached hydrogens (tertiary/aromatic N) is 2. The normalized spacial score (nSPS) is 23.7. The highest BCUT2D eigenvalue weighted by Gasteiger charge is 2.61. The summed E-state index contributed by atoms with van der Waals surface area (Å²) in [5, 5.41) is 3.94. The molecule has 3 fully saturated rings. The second-order valence-electron chi connectivity index (χ2n) is 12.5. The Morgan fingerprint density at radius 3 is 2.10 bits per heavy atom. The van der Waals surface area contributed by atoms with Crippen LogP contribution in [0.2, 0.25) is 5.02 Å². The van der Waals surface area contributed by atoms with E-state index in [2.05, 4.69) is 51.5 Å². The minimum atomic E-state index is -0.529. The van der Waals surface area contributed by atoms with Gasteiger partial charge >= 0.3 is 0 Å². The summed E-state index contributed by atoms with van der Waals surface area (Å²) in [4.78, 5) is 32.5. The zero-order valence-electron chi connectivity index (χ0n) is 24.4. The van der Waals surface area contributed by atoms with E-state index in [0.717, 1.165) is 82.4 Å². The molecule has 0 spiro atoms. The number of piperidine rings is 2. The van der Waals surface area contributed by atoms with Crippen LogP contribution in [0.1, 0.15) is 55.2 Å². The number of amides is 2. The minimum Gasteiger partial charge on any atom is -0.355 e. The van der Waals surface area contributed by atoms with E-state index in [9.17, 15) is 9.59 Å². The Kier molecular flexibility index (Phi) is 8.69. The topological polar surface area (TPSA) is 52.7 Å². The SMILES string of the molecule is O=C(N1CCCCC1)C1(c2ccccc2)CCN(C[C@@H]2C[C@@]2(C(=O)NCCc2ccccc2)c2ccc(Cl)cc2)CC1. The van der Waals surface area contributed by atoms with E-state index in [1.54, 1.807) is 0 Å². The van der Waals surface area contributed by atoms with E-state index in [1.165, 1.54) is 12.0 Å². The Morgan fingerprint density at radius 2 is 1.43 bits per heavy atom. The van der Waals surface area contributed by atoms with Gasteiger partial charge in [0.1, 0.15) is 0 Å². The average Bonchev–Trinajstić information content (AvgIpc) is 3.77. The molecule has 0 radical (unpaired) electrons. The summed E-state index contributed by atoms with van der Waals surface area (Å²) >= 11 is 6.22. The number of carbonyl (C=O) groups excluding carboxylic acids is 2. The van der Waals surface area contributed by atoms with Crippen LogP contribution in [-0.4, -0.2) is 60.9 Å². The van der Waals surface area contributed by atoms with Gasteiger partial charge in [0.25, 0.3) is 0 Å². The molecule has 3 aliphatic rings. The Bertz CT molecular complexity index is 1350. The molecule has 2 aliphatic heterocycles. The molecular formula is C36H42ClN3O2. The van der Waals surface area contributed by atoms with Crippen molar-refractivity contribution in [3.8, 4) is 0 Å². The highest BCUT2D eigenvalue weighted by Crippen LogP contribution is 2.55. The number of likely N-dealkylation sites (tertiary alicyclic amines) is 2. The number of rotatable bonds is 9. The highest BCUT2D eigenvalue weighted by atomic mass is 35.5. The third-order valence-electron chi connectivity index (χ3n) is 9.98. The molecule has 3 aromatic carbocycles. The Hall–Kier alpha value is -3.15. The molecule has 0 bridgehead atoms. The summed E-state index contributed by atoms with van der Waals surface area (Å²) in [6, 6.07) is 28.6. The zero-order chi connectivity index (χ0) is 29.0. The predicted octanol–water partition coefficient (Wildman–Crippen LogP) is 6.00. The van der Waals surface area contributed by atoms with Gasteiger partial charge in [-0.2, -0.15) is 0 Å². The Labute approximate surface area is 255 Å². The van der Waals surface area contributed by atoms with Crippen molar-refractivity contribution >= 4 is 23.4 Å². The summed E-state index contributed by atoms with van der Waals surface area (Å²) in [7, 11) is 0. The standard InChI is InChI=1S/C36H42ClN3O2/c37-32-16-14-30(15-17-32)36(33(41)38-21-18-28-10-4-1-5-11-28)26-31(36)27-39-24-19-35(20-25-39,29-12-6-2-7-13-29)34(42)40-22-8-3-9-23-40/h1-2,4-7,10-17,31H,3,8-9,18-27H2,(H,38,41)/t31-,36+/m0/s1. The molecule has 220 valence electrons. The van der Waals surface area contributed by atoms with E-state index in [1.807, 2.05) is 48.5 Å². The smallest absolute Gasteiger partial charge is 0.233 e. The van der Waals surface area contributed by atoms with Crippen LogP contribution in [0.5, 0.6) is 0 Å². The molecule has 3 aromatic rings. The Morgan fingerprint density at radius 1 is 0.786 bits per heavy atom. The van der Waals surface area contributed by atoms with Crippen molar-refractivity contribution in [1.82, 2.24) is 15.1 Å². The number of hydrogen-bond donors (Lipinski definition) is 1. The van der Waals surface area contributed by atoms with E-state index in [4.69, 9.17) is 11.6 Å². The maximum absolute atomic E-state index is 14.1. The fraction of sp³-hybridized carbons (Fsp3) is 0.444. The van der Waals surface area contributed by atoms with Gasteiger partial charge < -0.3 is 15.1 Å². The molecule has 1 saturated carbocycles. The molecule has 2 saturated heterocycles. The Balaban J connectivity index is 1.14. The largest absolute Gasteiger partial charge is 0.355 e. The van der Waals surface area contributed by atoms with Crippen molar-refractivity contribution in [3.05, 3.63) is 107 Å². The predicted molar refractivity (Wildman–Crippen MR) is 169 cm³/mol. The van der Waals surface area contributed by atoms with Crippen LogP contribution in [0, 0.1) is 5.92 Å². The van der Waals surface area contributed by atoms with Crippen molar-refractivity contribution in [2.45, 2.75) is 55.8 Å². The lowest BCUT2D eigenvalue weighted by Gasteiger charge is -2.44. The second-order valence-corrected chi connectivity index (χ2v) is 12.9. The van der Waals surface area contributed by atoms with Crippen molar-refractivity contribution in [2.75, 3.05) is 39.3 Å². The number of benzene rings is 3. The number of carbonyl (C=O) groups is 2. The molecule has 2 amide bonds. The van der Waals surface area contributed by atoms with E-state index < -0.39 is 10.8 Å². The summed E-state index contributed by atoms with van der Waals surface area (Å²) in [5.74, 6) is 0.659. The molecule has 42 heavy (non-hydrogen) atoms. The minimum absolute atomic E-state index is 0.113. The molecule has 6 rings (SSSR count). The molecule has 1 N–H and O–H groups in total. The zero-order valence-corrected chi connectivity index (χ0v) is 25.2. The van der Waals surface area contributed by atoms with Gasteiger partial charge in [0.2, 0.25) is 11.8 Å². The molecule has 6 heteroatoms. The molecule has 0 aromatic heterocycles. The first-order chi connectivity index (χ1) is 20.5. The summed E-state index contributed by atoms with van der Waals surface area (Å²) in [6.45, 7) is 4.95. The maximum Gasteiger partial charge on any atom is 0.233 e. The van der Waals surface area contributed by atoms with Gasteiger partial charge in [0.05, 0.1) is 10.8 Å². The first-order valence-electron chi connectivity index (χ1n) is 15.7. The van der Waals surface area contributed by atoms with Gasteiger partial charge in [-0.1, -0.05) is 84.4 Å². The molecule has 2 atom stereocenters. The van der Waals surface area contributed by atoms with Gasteiger partial charge in [-0.05, 0) is 92.8 Å². The first-order valence-corrected chi connectivity index (χ1v) is 16.0.